The molecule has 0 bridgehead atoms. The van der Waals surface area contributed by atoms with Crippen LogP contribution in [0.25, 0.3) is 0 Å². The summed E-state index contributed by atoms with van der Waals surface area (Å²) in [4.78, 5) is 12.8. The number of nitro benzene ring substituents is 1. The summed E-state index contributed by atoms with van der Waals surface area (Å²) in [6.45, 7) is 2.33. The van der Waals surface area contributed by atoms with Crippen molar-refractivity contribution in [3.8, 4) is 0 Å². The molecule has 6 heteroatoms. The normalized spacial score (nSPS) is 26.3. The summed E-state index contributed by atoms with van der Waals surface area (Å²) in [5.74, 6) is 0. The number of nitrogens with one attached hydrogen (secondary N) is 1. The van der Waals surface area contributed by atoms with E-state index in [9.17, 15) is 10.1 Å². The summed E-state index contributed by atoms with van der Waals surface area (Å²) < 4.78 is 0. The Hall–Kier alpha value is -1.82. The fourth-order valence-corrected chi connectivity index (χ4v) is 3.25. The van der Waals surface area contributed by atoms with E-state index in [0.717, 1.165) is 18.7 Å². The lowest BCUT2D eigenvalue weighted by Crippen LogP contribution is -2.33. The first-order valence-corrected chi connectivity index (χ1v) is 6.69. The molecule has 3 rings (SSSR count). The standard InChI is InChI=1S/C13H18N4O2/c14-10-8-9(17(18)19)3-4-11(10)15-12-5-7-16-6-1-2-13(12)16/h3-4,8,12-13,15H,1-2,5-7,14H2. The zero-order chi connectivity index (χ0) is 13.4. The van der Waals surface area contributed by atoms with E-state index in [0.29, 0.717) is 17.8 Å². The van der Waals surface area contributed by atoms with Gasteiger partial charge in [-0.25, -0.2) is 0 Å². The topological polar surface area (TPSA) is 84.4 Å². The van der Waals surface area contributed by atoms with Gasteiger partial charge in [-0.3, -0.25) is 15.0 Å². The van der Waals surface area contributed by atoms with E-state index >= 15 is 0 Å². The molecule has 102 valence electrons. The van der Waals surface area contributed by atoms with Crippen molar-refractivity contribution >= 4 is 17.1 Å². The van der Waals surface area contributed by atoms with Gasteiger partial charge in [0.25, 0.3) is 5.69 Å². The Morgan fingerprint density at radius 1 is 1.37 bits per heavy atom. The Labute approximate surface area is 111 Å². The van der Waals surface area contributed by atoms with Crippen LogP contribution in [0.4, 0.5) is 17.1 Å². The van der Waals surface area contributed by atoms with E-state index in [4.69, 9.17) is 5.73 Å². The molecule has 19 heavy (non-hydrogen) atoms. The van der Waals surface area contributed by atoms with E-state index in [1.165, 1.54) is 31.5 Å². The number of fused-ring (bicyclic) bond motifs is 1. The highest BCUT2D eigenvalue weighted by atomic mass is 16.6. The van der Waals surface area contributed by atoms with Crippen molar-refractivity contribution in [1.29, 1.82) is 0 Å². The van der Waals surface area contributed by atoms with Crippen LogP contribution in [0.5, 0.6) is 0 Å². The van der Waals surface area contributed by atoms with Gasteiger partial charge in [0.2, 0.25) is 0 Å². The zero-order valence-corrected chi connectivity index (χ0v) is 10.7. The molecule has 2 saturated heterocycles. The van der Waals surface area contributed by atoms with Gasteiger partial charge in [-0.2, -0.15) is 0 Å². The molecular weight excluding hydrogens is 244 g/mol. The Bertz CT molecular complexity index is 505. The number of rotatable bonds is 3. The molecule has 3 N–H and O–H groups in total. The van der Waals surface area contributed by atoms with Gasteiger partial charge in [0.15, 0.2) is 0 Å². The number of non-ortho nitro benzene ring substituents is 1. The fourth-order valence-electron chi connectivity index (χ4n) is 3.25. The predicted octanol–water partition coefficient (Wildman–Crippen LogP) is 1.83. The van der Waals surface area contributed by atoms with Crippen LogP contribution in [0.3, 0.4) is 0 Å². The third-order valence-electron chi connectivity index (χ3n) is 4.19. The first-order valence-electron chi connectivity index (χ1n) is 6.69. The van der Waals surface area contributed by atoms with Gasteiger partial charge in [0, 0.05) is 30.8 Å². The van der Waals surface area contributed by atoms with Crippen LogP contribution in [0.1, 0.15) is 19.3 Å². The number of hydrogen-bond donors (Lipinski definition) is 2. The smallest absolute Gasteiger partial charge is 0.271 e. The van der Waals surface area contributed by atoms with Gasteiger partial charge < -0.3 is 11.1 Å². The Morgan fingerprint density at radius 3 is 2.95 bits per heavy atom. The molecule has 0 amide bonds. The minimum absolute atomic E-state index is 0.0389. The van der Waals surface area contributed by atoms with Crippen molar-refractivity contribution in [3.05, 3.63) is 28.3 Å². The number of nitrogens with two attached hydrogens (primary N) is 1. The number of hydrogen-bond acceptors (Lipinski definition) is 5. The van der Waals surface area contributed by atoms with E-state index < -0.39 is 4.92 Å². The molecule has 0 spiro atoms. The minimum atomic E-state index is -0.422. The molecule has 2 aliphatic heterocycles. The molecule has 2 unspecified atom stereocenters. The highest BCUT2D eigenvalue weighted by molar-refractivity contribution is 5.69. The van der Waals surface area contributed by atoms with Crippen LogP contribution < -0.4 is 11.1 Å². The monoisotopic (exact) mass is 262 g/mol. The van der Waals surface area contributed by atoms with Crippen LogP contribution in [-0.4, -0.2) is 35.0 Å². The molecule has 2 heterocycles. The largest absolute Gasteiger partial charge is 0.397 e. The van der Waals surface area contributed by atoms with Crippen LogP contribution in [0, 0.1) is 10.1 Å². The lowest BCUT2D eigenvalue weighted by atomic mass is 10.1. The summed E-state index contributed by atoms with van der Waals surface area (Å²) in [6.07, 6.45) is 3.60. The van der Waals surface area contributed by atoms with Crippen LogP contribution in [0.2, 0.25) is 0 Å². The maximum Gasteiger partial charge on any atom is 0.271 e. The molecule has 0 radical (unpaired) electrons. The molecule has 6 nitrogen and oxygen atoms in total. The number of benzene rings is 1. The fraction of sp³-hybridized carbons (Fsp3) is 0.538. The SMILES string of the molecule is Nc1cc([N+](=O)[O-])ccc1NC1CCN2CCCC12. The van der Waals surface area contributed by atoms with Gasteiger partial charge in [-0.15, -0.1) is 0 Å². The quantitative estimate of drug-likeness (QED) is 0.493. The van der Waals surface area contributed by atoms with Crippen LogP contribution in [0.15, 0.2) is 18.2 Å². The second kappa shape index (κ2) is 4.70. The number of nitrogens with zero attached hydrogens (tertiary/aromatic N) is 2. The van der Waals surface area contributed by atoms with E-state index in [2.05, 4.69) is 10.2 Å². The van der Waals surface area contributed by atoms with Crippen molar-refractivity contribution in [3.63, 3.8) is 0 Å². The highest BCUT2D eigenvalue weighted by Crippen LogP contribution is 2.32. The van der Waals surface area contributed by atoms with Crippen molar-refractivity contribution in [2.75, 3.05) is 24.1 Å². The second-order valence-electron chi connectivity index (χ2n) is 5.31. The average Bonchev–Trinajstić information content (AvgIpc) is 2.96. The summed E-state index contributed by atoms with van der Waals surface area (Å²) in [7, 11) is 0. The molecular formula is C13H18N4O2. The van der Waals surface area contributed by atoms with E-state index in [1.54, 1.807) is 6.07 Å². The van der Waals surface area contributed by atoms with Crippen molar-refractivity contribution in [2.24, 2.45) is 0 Å². The van der Waals surface area contributed by atoms with Crippen molar-refractivity contribution in [1.82, 2.24) is 4.90 Å². The van der Waals surface area contributed by atoms with Gasteiger partial charge in [0.1, 0.15) is 0 Å². The molecule has 2 atom stereocenters. The van der Waals surface area contributed by atoms with Gasteiger partial charge in [-0.1, -0.05) is 0 Å². The van der Waals surface area contributed by atoms with Gasteiger partial charge in [-0.05, 0) is 31.9 Å². The number of nitro groups is 1. The predicted molar refractivity (Wildman–Crippen MR) is 74.1 cm³/mol. The van der Waals surface area contributed by atoms with Crippen molar-refractivity contribution in [2.45, 2.75) is 31.3 Å². The maximum atomic E-state index is 10.7. The van der Waals surface area contributed by atoms with Gasteiger partial charge in [0.05, 0.1) is 16.3 Å². The molecule has 1 aromatic carbocycles. The number of anilines is 2. The summed E-state index contributed by atoms with van der Waals surface area (Å²) in [6, 6.07) is 5.63. The third kappa shape index (κ3) is 2.23. The van der Waals surface area contributed by atoms with Crippen molar-refractivity contribution < 1.29 is 4.92 Å². The van der Waals surface area contributed by atoms with Gasteiger partial charge >= 0.3 is 0 Å². The Kier molecular flexibility index (Phi) is 3.02. The van der Waals surface area contributed by atoms with E-state index in [-0.39, 0.29) is 5.69 Å². The first-order chi connectivity index (χ1) is 9.15. The Balaban J connectivity index is 1.75. The minimum Gasteiger partial charge on any atom is -0.397 e. The molecule has 0 saturated carbocycles. The molecule has 2 aliphatic rings. The first kappa shape index (κ1) is 12.2. The zero-order valence-electron chi connectivity index (χ0n) is 10.7. The summed E-state index contributed by atoms with van der Waals surface area (Å²) in [5, 5.41) is 14.1. The third-order valence-corrected chi connectivity index (χ3v) is 4.19. The Morgan fingerprint density at radius 2 is 2.21 bits per heavy atom. The second-order valence-corrected chi connectivity index (χ2v) is 5.31. The summed E-state index contributed by atoms with van der Waals surface area (Å²) in [5.41, 5.74) is 7.19. The highest BCUT2D eigenvalue weighted by Gasteiger charge is 2.37. The molecule has 0 aromatic heterocycles. The maximum absolute atomic E-state index is 10.7. The average molecular weight is 262 g/mol. The molecule has 1 aromatic rings. The molecule has 0 aliphatic carbocycles. The lowest BCUT2D eigenvalue weighted by molar-refractivity contribution is -0.384. The lowest BCUT2D eigenvalue weighted by Gasteiger charge is -2.22. The van der Waals surface area contributed by atoms with Crippen LogP contribution >= 0.6 is 0 Å². The van der Waals surface area contributed by atoms with E-state index in [1.807, 2.05) is 0 Å². The van der Waals surface area contributed by atoms with Crippen LogP contribution in [-0.2, 0) is 0 Å². The summed E-state index contributed by atoms with van der Waals surface area (Å²) >= 11 is 0. The molecule has 2 fully saturated rings. The number of nitrogen functional groups attached to an aromatic ring is 1.